The zero-order chi connectivity index (χ0) is 20.1. The molecule has 1 heterocycles. The van der Waals surface area contributed by atoms with Crippen LogP contribution in [0.25, 0.3) is 0 Å². The molecule has 0 spiro atoms. The number of nitrogens with one attached hydrogen (secondary N) is 2. The fraction of sp³-hybridized carbons (Fsp3) is 0.111. The van der Waals surface area contributed by atoms with Crippen molar-refractivity contribution in [1.82, 2.24) is 9.97 Å². The minimum atomic E-state index is -3.83. The first-order valence-corrected chi connectivity index (χ1v) is 9.68. The molecule has 0 aliphatic rings. The predicted octanol–water partition coefficient (Wildman–Crippen LogP) is 2.63. The van der Waals surface area contributed by atoms with Crippen molar-refractivity contribution in [3.8, 4) is 5.75 Å². The first kappa shape index (κ1) is 19.5. The molecular formula is C18H18FN5O3S. The second-order valence-electron chi connectivity index (χ2n) is 5.80. The van der Waals surface area contributed by atoms with E-state index in [9.17, 15) is 12.8 Å². The highest BCUT2D eigenvalue weighted by molar-refractivity contribution is 7.89. The lowest BCUT2D eigenvalue weighted by molar-refractivity contribution is 0.410. The van der Waals surface area contributed by atoms with Crippen LogP contribution in [0.5, 0.6) is 5.75 Å². The first-order valence-electron chi connectivity index (χ1n) is 8.13. The van der Waals surface area contributed by atoms with Crippen molar-refractivity contribution >= 4 is 27.3 Å². The Labute approximate surface area is 161 Å². The van der Waals surface area contributed by atoms with Crippen molar-refractivity contribution in [2.45, 2.75) is 11.4 Å². The molecule has 28 heavy (non-hydrogen) atoms. The van der Waals surface area contributed by atoms with E-state index in [-0.39, 0.29) is 17.3 Å². The lowest BCUT2D eigenvalue weighted by atomic mass is 10.2. The minimum Gasteiger partial charge on any atom is -0.496 e. The van der Waals surface area contributed by atoms with Crippen molar-refractivity contribution in [2.24, 2.45) is 5.14 Å². The van der Waals surface area contributed by atoms with Crippen LogP contribution in [0.15, 0.2) is 59.8 Å². The molecule has 0 amide bonds. The quantitative estimate of drug-likeness (QED) is 0.555. The normalized spacial score (nSPS) is 11.1. The highest BCUT2D eigenvalue weighted by atomic mass is 32.2. The van der Waals surface area contributed by atoms with Gasteiger partial charge in [-0.3, -0.25) is 0 Å². The van der Waals surface area contributed by atoms with E-state index >= 15 is 0 Å². The average molecular weight is 403 g/mol. The Morgan fingerprint density at radius 2 is 1.89 bits per heavy atom. The number of nitrogens with two attached hydrogens (primary N) is 1. The molecule has 0 radical (unpaired) electrons. The number of benzene rings is 2. The van der Waals surface area contributed by atoms with Gasteiger partial charge in [-0.25, -0.2) is 27.9 Å². The summed E-state index contributed by atoms with van der Waals surface area (Å²) < 4.78 is 41.7. The van der Waals surface area contributed by atoms with Crippen LogP contribution in [-0.2, 0) is 16.6 Å². The van der Waals surface area contributed by atoms with Crippen LogP contribution < -0.4 is 20.5 Å². The maximum atomic E-state index is 13.3. The van der Waals surface area contributed by atoms with Gasteiger partial charge >= 0.3 is 0 Å². The number of rotatable bonds is 7. The summed E-state index contributed by atoms with van der Waals surface area (Å²) >= 11 is 0. The lowest BCUT2D eigenvalue weighted by Crippen LogP contribution is -2.13. The fourth-order valence-corrected chi connectivity index (χ4v) is 3.06. The molecule has 0 fully saturated rings. The lowest BCUT2D eigenvalue weighted by Gasteiger charge is -2.12. The molecule has 3 aromatic rings. The van der Waals surface area contributed by atoms with Gasteiger partial charge < -0.3 is 15.4 Å². The molecule has 0 aliphatic carbocycles. The Kier molecular flexibility index (Phi) is 5.71. The number of halogens is 1. The Balaban J connectivity index is 1.76. The first-order chi connectivity index (χ1) is 13.3. The minimum absolute atomic E-state index is 0.0127. The van der Waals surface area contributed by atoms with E-state index in [1.807, 2.05) is 0 Å². The van der Waals surface area contributed by atoms with Crippen molar-refractivity contribution in [2.75, 3.05) is 17.7 Å². The number of ether oxygens (including phenoxy) is 1. The molecule has 0 saturated carbocycles. The number of hydrogen-bond acceptors (Lipinski definition) is 7. The molecule has 4 N–H and O–H groups in total. The standard InChI is InChI=1S/C18H18FN5O3S/c1-27-16-6-5-15(28(20,25)26)7-12(16)10-21-17-9-18(23-11-22-17)24-14-4-2-3-13(19)8-14/h2-9,11H,10H2,1H3,(H2,20,25,26)(H2,21,22,23,24). The van der Waals surface area contributed by atoms with Crippen LogP contribution in [0.3, 0.4) is 0 Å². The molecule has 0 saturated heterocycles. The monoisotopic (exact) mass is 403 g/mol. The Hall–Kier alpha value is -3.24. The van der Waals surface area contributed by atoms with E-state index in [4.69, 9.17) is 9.88 Å². The van der Waals surface area contributed by atoms with Gasteiger partial charge in [0.05, 0.1) is 12.0 Å². The summed E-state index contributed by atoms with van der Waals surface area (Å²) in [5.41, 5.74) is 1.14. The van der Waals surface area contributed by atoms with Gasteiger partial charge in [-0.15, -0.1) is 0 Å². The topological polar surface area (TPSA) is 119 Å². The van der Waals surface area contributed by atoms with E-state index in [0.29, 0.717) is 28.6 Å². The number of nitrogens with zero attached hydrogens (tertiary/aromatic N) is 2. The largest absolute Gasteiger partial charge is 0.496 e. The van der Waals surface area contributed by atoms with Crippen LogP contribution in [0.2, 0.25) is 0 Å². The summed E-state index contributed by atoms with van der Waals surface area (Å²) in [5.74, 6) is 1.09. The van der Waals surface area contributed by atoms with Crippen LogP contribution in [-0.4, -0.2) is 25.5 Å². The molecule has 10 heteroatoms. The second-order valence-corrected chi connectivity index (χ2v) is 7.36. The summed E-state index contributed by atoms with van der Waals surface area (Å²) in [6.07, 6.45) is 1.35. The van der Waals surface area contributed by atoms with Crippen molar-refractivity contribution in [3.63, 3.8) is 0 Å². The number of methoxy groups -OCH3 is 1. The van der Waals surface area contributed by atoms with Gasteiger partial charge in [0.1, 0.15) is 29.5 Å². The van der Waals surface area contributed by atoms with E-state index in [1.54, 1.807) is 18.2 Å². The maximum Gasteiger partial charge on any atom is 0.238 e. The highest BCUT2D eigenvalue weighted by Crippen LogP contribution is 2.23. The third-order valence-corrected chi connectivity index (χ3v) is 4.72. The second kappa shape index (κ2) is 8.19. The van der Waals surface area contributed by atoms with Crippen molar-refractivity contribution in [3.05, 3.63) is 66.2 Å². The van der Waals surface area contributed by atoms with Gasteiger partial charge in [-0.05, 0) is 36.4 Å². The third-order valence-electron chi connectivity index (χ3n) is 3.80. The summed E-state index contributed by atoms with van der Waals surface area (Å²) in [4.78, 5) is 8.20. The summed E-state index contributed by atoms with van der Waals surface area (Å²) in [5, 5.41) is 11.2. The summed E-state index contributed by atoms with van der Waals surface area (Å²) in [7, 11) is -2.34. The molecule has 0 bridgehead atoms. The van der Waals surface area contributed by atoms with Gasteiger partial charge in [0.2, 0.25) is 10.0 Å². The van der Waals surface area contributed by atoms with E-state index in [2.05, 4.69) is 20.6 Å². The van der Waals surface area contributed by atoms with Crippen molar-refractivity contribution < 1.29 is 17.5 Å². The van der Waals surface area contributed by atoms with Gasteiger partial charge in [0, 0.05) is 23.9 Å². The van der Waals surface area contributed by atoms with Crippen LogP contribution in [0.4, 0.5) is 21.7 Å². The van der Waals surface area contributed by atoms with Gasteiger partial charge in [0.15, 0.2) is 0 Å². The highest BCUT2D eigenvalue weighted by Gasteiger charge is 2.12. The Bertz CT molecular complexity index is 1090. The summed E-state index contributed by atoms with van der Waals surface area (Å²) in [6.45, 7) is 0.239. The molecule has 8 nitrogen and oxygen atoms in total. The van der Waals surface area contributed by atoms with Gasteiger partial charge in [-0.2, -0.15) is 0 Å². The van der Waals surface area contributed by atoms with Crippen LogP contribution in [0, 0.1) is 5.82 Å². The molecule has 1 aromatic heterocycles. The van der Waals surface area contributed by atoms with Crippen molar-refractivity contribution in [1.29, 1.82) is 0 Å². The number of hydrogen-bond donors (Lipinski definition) is 3. The third kappa shape index (κ3) is 4.93. The SMILES string of the molecule is COc1ccc(S(N)(=O)=O)cc1CNc1cc(Nc2cccc(F)c2)ncn1. The number of sulfonamides is 1. The number of primary sulfonamides is 1. The van der Waals surface area contributed by atoms with E-state index in [1.165, 1.54) is 43.8 Å². The number of anilines is 3. The molecule has 2 aromatic carbocycles. The summed E-state index contributed by atoms with van der Waals surface area (Å²) in [6, 6.07) is 12.0. The average Bonchev–Trinajstić information content (AvgIpc) is 2.66. The fourth-order valence-electron chi connectivity index (χ4n) is 2.49. The molecular weight excluding hydrogens is 385 g/mol. The maximum absolute atomic E-state index is 13.3. The predicted molar refractivity (Wildman–Crippen MR) is 103 cm³/mol. The zero-order valence-corrected chi connectivity index (χ0v) is 15.7. The van der Waals surface area contributed by atoms with Gasteiger partial charge in [-0.1, -0.05) is 6.07 Å². The molecule has 0 aliphatic heterocycles. The van der Waals surface area contributed by atoms with Crippen LogP contribution in [0.1, 0.15) is 5.56 Å². The number of aromatic nitrogens is 2. The van der Waals surface area contributed by atoms with Crippen LogP contribution >= 0.6 is 0 Å². The smallest absolute Gasteiger partial charge is 0.238 e. The Morgan fingerprint density at radius 3 is 2.61 bits per heavy atom. The van der Waals surface area contributed by atoms with E-state index < -0.39 is 10.0 Å². The zero-order valence-electron chi connectivity index (χ0n) is 14.9. The Morgan fingerprint density at radius 1 is 1.11 bits per heavy atom. The molecule has 146 valence electrons. The van der Waals surface area contributed by atoms with Gasteiger partial charge in [0.25, 0.3) is 0 Å². The molecule has 3 rings (SSSR count). The molecule has 0 unspecified atom stereocenters. The molecule has 0 atom stereocenters. The van der Waals surface area contributed by atoms with E-state index in [0.717, 1.165) is 0 Å².